The lowest BCUT2D eigenvalue weighted by Gasteiger charge is -2.35. The molecule has 7 nitrogen and oxygen atoms in total. The van der Waals surface area contributed by atoms with Crippen LogP contribution in [0.3, 0.4) is 0 Å². The molecular weight excluding hydrogens is 408 g/mol. The fraction of sp³-hybridized carbons (Fsp3) is 0.440. The second-order valence-electron chi connectivity index (χ2n) is 9.42. The highest BCUT2D eigenvalue weighted by Gasteiger charge is 2.46. The Labute approximate surface area is 189 Å². The summed E-state index contributed by atoms with van der Waals surface area (Å²) in [5.41, 5.74) is 0.921. The summed E-state index contributed by atoms with van der Waals surface area (Å²) in [6.45, 7) is 11.7. The summed E-state index contributed by atoms with van der Waals surface area (Å²) in [5, 5.41) is 2.88. The molecule has 2 aromatic rings. The van der Waals surface area contributed by atoms with Gasteiger partial charge in [-0.1, -0.05) is 23.8 Å². The third-order valence-electron chi connectivity index (χ3n) is 5.01. The third-order valence-corrected chi connectivity index (χ3v) is 5.01. The van der Waals surface area contributed by atoms with Crippen molar-refractivity contribution in [3.63, 3.8) is 0 Å². The average Bonchev–Trinajstić information content (AvgIpc) is 3.01. The number of benzene rings is 2. The first kappa shape index (κ1) is 23.6. The number of nitrogens with one attached hydrogen (secondary N) is 1. The van der Waals surface area contributed by atoms with Gasteiger partial charge in [-0.2, -0.15) is 0 Å². The number of carbonyl (C=O) groups is 2. The monoisotopic (exact) mass is 440 g/mol. The predicted octanol–water partition coefficient (Wildman–Crippen LogP) is 5.00. The molecule has 0 saturated carbocycles. The van der Waals surface area contributed by atoms with E-state index >= 15 is 0 Å². The van der Waals surface area contributed by atoms with Gasteiger partial charge in [-0.3, -0.25) is 9.69 Å². The molecule has 1 aliphatic rings. The fourth-order valence-corrected chi connectivity index (χ4v) is 3.45. The van der Waals surface area contributed by atoms with Gasteiger partial charge in [0.1, 0.15) is 23.7 Å². The Morgan fingerprint density at radius 2 is 1.84 bits per heavy atom. The Hall–Kier alpha value is -3.06. The van der Waals surface area contributed by atoms with Gasteiger partial charge >= 0.3 is 6.09 Å². The van der Waals surface area contributed by atoms with Crippen molar-refractivity contribution in [2.24, 2.45) is 0 Å². The first-order valence-corrected chi connectivity index (χ1v) is 10.7. The number of rotatable bonds is 5. The van der Waals surface area contributed by atoms with Crippen LogP contribution in [0, 0.1) is 6.92 Å². The summed E-state index contributed by atoms with van der Waals surface area (Å²) in [6, 6.07) is 14.2. The van der Waals surface area contributed by atoms with Crippen LogP contribution in [0.4, 0.5) is 10.5 Å². The SMILES string of the molecule is Cc1ccc(NC(=O)c2cccc(OC[C@H]3COC(C)(C)N3C(=O)OC(C)(C)C)c2)cc1. The lowest BCUT2D eigenvalue weighted by Crippen LogP contribution is -2.51. The lowest BCUT2D eigenvalue weighted by atomic mass is 10.2. The molecule has 0 aliphatic carbocycles. The molecule has 2 aromatic carbocycles. The maximum Gasteiger partial charge on any atom is 0.413 e. The van der Waals surface area contributed by atoms with Gasteiger partial charge in [-0.15, -0.1) is 0 Å². The third kappa shape index (κ3) is 6.01. The smallest absolute Gasteiger partial charge is 0.413 e. The molecule has 1 aliphatic heterocycles. The van der Waals surface area contributed by atoms with E-state index < -0.39 is 17.4 Å². The van der Waals surface area contributed by atoms with Crippen LogP contribution < -0.4 is 10.1 Å². The minimum Gasteiger partial charge on any atom is -0.491 e. The predicted molar refractivity (Wildman–Crippen MR) is 123 cm³/mol. The zero-order valence-corrected chi connectivity index (χ0v) is 19.6. The molecule has 3 rings (SSSR count). The van der Waals surface area contributed by atoms with Gasteiger partial charge in [0.05, 0.1) is 12.6 Å². The second-order valence-corrected chi connectivity index (χ2v) is 9.42. The second kappa shape index (κ2) is 9.20. The largest absolute Gasteiger partial charge is 0.491 e. The van der Waals surface area contributed by atoms with Crippen LogP contribution in [0.5, 0.6) is 5.75 Å². The van der Waals surface area contributed by atoms with Crippen LogP contribution in [0.25, 0.3) is 0 Å². The summed E-state index contributed by atoms with van der Waals surface area (Å²) in [6.07, 6.45) is -0.445. The van der Waals surface area contributed by atoms with Gasteiger partial charge in [-0.25, -0.2) is 4.79 Å². The molecule has 0 radical (unpaired) electrons. The Balaban J connectivity index is 1.65. The maximum absolute atomic E-state index is 12.8. The van der Waals surface area contributed by atoms with E-state index in [0.29, 0.717) is 17.9 Å². The van der Waals surface area contributed by atoms with E-state index in [1.54, 1.807) is 29.2 Å². The Bertz CT molecular complexity index is 963. The van der Waals surface area contributed by atoms with Gasteiger partial charge < -0.3 is 19.5 Å². The lowest BCUT2D eigenvalue weighted by molar-refractivity contribution is -0.0637. The Morgan fingerprint density at radius 1 is 1.16 bits per heavy atom. The molecule has 1 N–H and O–H groups in total. The van der Waals surface area contributed by atoms with Crippen molar-refractivity contribution >= 4 is 17.7 Å². The maximum atomic E-state index is 12.8. The highest BCUT2D eigenvalue weighted by Crippen LogP contribution is 2.30. The highest BCUT2D eigenvalue weighted by atomic mass is 16.6. The molecule has 0 aromatic heterocycles. The molecule has 2 amide bonds. The molecule has 1 fully saturated rings. The number of ether oxygens (including phenoxy) is 3. The van der Waals surface area contributed by atoms with E-state index in [-0.39, 0.29) is 18.6 Å². The minimum absolute atomic E-state index is 0.214. The van der Waals surface area contributed by atoms with Crippen molar-refractivity contribution in [3.8, 4) is 5.75 Å². The van der Waals surface area contributed by atoms with E-state index in [9.17, 15) is 9.59 Å². The fourth-order valence-electron chi connectivity index (χ4n) is 3.45. The molecule has 32 heavy (non-hydrogen) atoms. The van der Waals surface area contributed by atoms with E-state index in [4.69, 9.17) is 14.2 Å². The van der Waals surface area contributed by atoms with E-state index in [0.717, 1.165) is 11.3 Å². The quantitative estimate of drug-likeness (QED) is 0.708. The van der Waals surface area contributed by atoms with Crippen LogP contribution in [0.2, 0.25) is 0 Å². The zero-order chi connectivity index (χ0) is 23.5. The van der Waals surface area contributed by atoms with E-state index in [1.807, 2.05) is 65.8 Å². The first-order chi connectivity index (χ1) is 14.9. The van der Waals surface area contributed by atoms with Gasteiger partial charge in [0.2, 0.25) is 0 Å². The normalized spacial score (nSPS) is 17.7. The molecule has 7 heteroatoms. The molecule has 172 valence electrons. The van der Waals surface area contributed by atoms with Crippen LogP contribution in [-0.4, -0.2) is 47.5 Å². The van der Waals surface area contributed by atoms with Crippen molar-refractivity contribution in [2.75, 3.05) is 18.5 Å². The van der Waals surface area contributed by atoms with Crippen LogP contribution in [0.1, 0.15) is 50.5 Å². The van der Waals surface area contributed by atoms with Crippen LogP contribution in [0.15, 0.2) is 48.5 Å². The molecule has 0 bridgehead atoms. The van der Waals surface area contributed by atoms with Crippen molar-refractivity contribution < 1.29 is 23.8 Å². The molecule has 1 atom stereocenters. The molecule has 1 saturated heterocycles. The summed E-state index contributed by atoms with van der Waals surface area (Å²) in [5.74, 6) is 0.315. The summed E-state index contributed by atoms with van der Waals surface area (Å²) in [4.78, 5) is 26.9. The topological polar surface area (TPSA) is 77.1 Å². The number of hydrogen-bond donors (Lipinski definition) is 1. The average molecular weight is 441 g/mol. The van der Waals surface area contributed by atoms with Crippen molar-refractivity contribution in [2.45, 2.75) is 58.9 Å². The number of nitrogens with zero attached hydrogens (tertiary/aromatic N) is 1. The van der Waals surface area contributed by atoms with E-state index in [2.05, 4.69) is 5.32 Å². The number of hydrogen-bond acceptors (Lipinski definition) is 5. The highest BCUT2D eigenvalue weighted by molar-refractivity contribution is 6.04. The zero-order valence-electron chi connectivity index (χ0n) is 19.6. The summed E-state index contributed by atoms with van der Waals surface area (Å²) in [7, 11) is 0. The van der Waals surface area contributed by atoms with Crippen molar-refractivity contribution in [1.82, 2.24) is 4.90 Å². The van der Waals surface area contributed by atoms with Crippen LogP contribution >= 0.6 is 0 Å². The van der Waals surface area contributed by atoms with Gasteiger partial charge in [0, 0.05) is 11.3 Å². The number of aryl methyl sites for hydroxylation is 1. The van der Waals surface area contributed by atoms with Gasteiger partial charge in [-0.05, 0) is 71.9 Å². The Morgan fingerprint density at radius 3 is 2.50 bits per heavy atom. The first-order valence-electron chi connectivity index (χ1n) is 10.7. The molecule has 1 heterocycles. The summed E-state index contributed by atoms with van der Waals surface area (Å²) >= 11 is 0. The van der Waals surface area contributed by atoms with Crippen LogP contribution in [-0.2, 0) is 9.47 Å². The molecule has 0 unspecified atom stereocenters. The van der Waals surface area contributed by atoms with Gasteiger partial charge in [0.15, 0.2) is 0 Å². The minimum atomic E-state index is -0.799. The standard InChI is InChI=1S/C25H32N2O5/c1-17-10-12-19(13-11-17)26-22(28)18-8-7-9-21(14-18)30-15-20-16-31-25(5,6)27(20)23(29)32-24(2,3)4/h7-14,20H,15-16H2,1-6H3,(H,26,28)/t20-/m0/s1. The number of amides is 2. The Kier molecular flexibility index (Phi) is 6.79. The van der Waals surface area contributed by atoms with Crippen molar-refractivity contribution in [3.05, 3.63) is 59.7 Å². The van der Waals surface area contributed by atoms with Gasteiger partial charge in [0.25, 0.3) is 5.91 Å². The summed E-state index contributed by atoms with van der Waals surface area (Å²) < 4.78 is 17.3. The van der Waals surface area contributed by atoms with Crippen molar-refractivity contribution in [1.29, 1.82) is 0 Å². The number of carbonyl (C=O) groups excluding carboxylic acids is 2. The number of anilines is 1. The molecular formula is C25H32N2O5. The van der Waals surface area contributed by atoms with E-state index in [1.165, 1.54) is 0 Å². The molecule has 0 spiro atoms.